The molecule has 0 saturated heterocycles. The number of rotatable bonds is 4. The van der Waals surface area contributed by atoms with Crippen LogP contribution in [0.4, 0.5) is 0 Å². The molecule has 1 aliphatic heterocycles. The summed E-state index contributed by atoms with van der Waals surface area (Å²) in [5.41, 5.74) is 11.7. The highest BCUT2D eigenvalue weighted by Crippen LogP contribution is 2.35. The van der Waals surface area contributed by atoms with Crippen molar-refractivity contribution >= 4 is 16.8 Å². The Bertz CT molecular complexity index is 791. The largest absolute Gasteiger partial charge is 0.497 e. The first-order chi connectivity index (χ1) is 11.2. The molecule has 1 aromatic heterocycles. The molecular weight excluding hydrogens is 294 g/mol. The van der Waals surface area contributed by atoms with Gasteiger partial charge in [0.05, 0.1) is 13.2 Å². The Morgan fingerprint density at radius 3 is 3.13 bits per heavy atom. The number of nitrogens with zero attached hydrogens (tertiary/aromatic N) is 4. The van der Waals surface area contributed by atoms with Gasteiger partial charge in [0.25, 0.3) is 0 Å². The fourth-order valence-electron chi connectivity index (χ4n) is 3.26. The summed E-state index contributed by atoms with van der Waals surface area (Å²) in [6, 6.07) is 5.96. The average Bonchev–Trinajstić information content (AvgIpc) is 2.94. The average molecular weight is 313 g/mol. The fraction of sp³-hybridized carbons (Fsp3) is 0.438. The minimum atomic E-state index is -0.0179. The van der Waals surface area contributed by atoms with E-state index in [0.717, 1.165) is 28.8 Å². The van der Waals surface area contributed by atoms with Crippen LogP contribution in [0.25, 0.3) is 21.3 Å². The molecule has 0 saturated carbocycles. The van der Waals surface area contributed by atoms with Gasteiger partial charge in [-0.3, -0.25) is 4.79 Å². The number of fused-ring (bicyclic) bond motifs is 3. The van der Waals surface area contributed by atoms with Gasteiger partial charge in [-0.1, -0.05) is 5.11 Å². The SMILES string of the molecule is COc1ccc2[nH]c3c(c2c1)CCN(C(=O)CCN=[N+]=[N-])C3C. The highest BCUT2D eigenvalue weighted by molar-refractivity contribution is 5.87. The normalized spacial score (nSPS) is 16.8. The standard InChI is InChI=1S/C16H19N5O2/c1-10-16-12(6-8-21(10)15(22)5-7-18-20-17)13-9-11(23-2)3-4-14(13)19-16/h3-4,9-10,19H,5-8H2,1-2H3. The predicted octanol–water partition coefficient (Wildman–Crippen LogP) is 3.32. The van der Waals surface area contributed by atoms with Crippen LogP contribution in [-0.2, 0) is 11.2 Å². The predicted molar refractivity (Wildman–Crippen MR) is 87.3 cm³/mol. The van der Waals surface area contributed by atoms with E-state index in [2.05, 4.69) is 15.0 Å². The van der Waals surface area contributed by atoms with Gasteiger partial charge in [0.1, 0.15) is 5.75 Å². The van der Waals surface area contributed by atoms with E-state index in [1.807, 2.05) is 30.0 Å². The maximum atomic E-state index is 12.3. The van der Waals surface area contributed by atoms with E-state index in [1.165, 1.54) is 5.56 Å². The highest BCUT2D eigenvalue weighted by atomic mass is 16.5. The number of methoxy groups -OCH3 is 1. The zero-order chi connectivity index (χ0) is 16.4. The van der Waals surface area contributed by atoms with Crippen LogP contribution in [-0.4, -0.2) is 36.0 Å². The number of carbonyl (C=O) groups is 1. The van der Waals surface area contributed by atoms with Crippen LogP contribution in [0.2, 0.25) is 0 Å². The second-order valence-corrected chi connectivity index (χ2v) is 5.65. The molecule has 0 bridgehead atoms. The Balaban J connectivity index is 1.89. The van der Waals surface area contributed by atoms with E-state index in [0.29, 0.717) is 6.54 Å². The molecule has 1 unspecified atom stereocenters. The lowest BCUT2D eigenvalue weighted by atomic mass is 9.98. The Kier molecular flexibility index (Phi) is 4.12. The quantitative estimate of drug-likeness (QED) is 0.532. The number of aromatic nitrogens is 1. The number of amides is 1. The molecule has 2 aromatic rings. The lowest BCUT2D eigenvalue weighted by molar-refractivity contribution is -0.133. The topological polar surface area (TPSA) is 94.1 Å². The summed E-state index contributed by atoms with van der Waals surface area (Å²) in [5.74, 6) is 0.853. The summed E-state index contributed by atoms with van der Waals surface area (Å²) >= 11 is 0. The van der Waals surface area contributed by atoms with Crippen molar-refractivity contribution in [1.29, 1.82) is 0 Å². The Morgan fingerprint density at radius 2 is 2.39 bits per heavy atom. The van der Waals surface area contributed by atoms with E-state index in [9.17, 15) is 4.79 Å². The Hall–Kier alpha value is -2.66. The van der Waals surface area contributed by atoms with Crippen molar-refractivity contribution in [2.45, 2.75) is 25.8 Å². The van der Waals surface area contributed by atoms with Crippen molar-refractivity contribution in [3.8, 4) is 5.75 Å². The van der Waals surface area contributed by atoms with Gasteiger partial charge in [0.2, 0.25) is 5.91 Å². The van der Waals surface area contributed by atoms with E-state index in [4.69, 9.17) is 10.3 Å². The molecule has 0 spiro atoms. The Morgan fingerprint density at radius 1 is 1.57 bits per heavy atom. The number of nitrogens with one attached hydrogen (secondary N) is 1. The van der Waals surface area contributed by atoms with Gasteiger partial charge in [-0.05, 0) is 42.6 Å². The molecule has 0 aliphatic carbocycles. The molecular formula is C16H19N5O2. The number of azide groups is 1. The van der Waals surface area contributed by atoms with Crippen LogP contribution in [0.15, 0.2) is 23.3 Å². The van der Waals surface area contributed by atoms with Crippen molar-refractivity contribution in [2.75, 3.05) is 20.2 Å². The second kappa shape index (κ2) is 6.22. The first kappa shape index (κ1) is 15.2. The zero-order valence-corrected chi connectivity index (χ0v) is 13.2. The molecule has 7 heteroatoms. The minimum absolute atomic E-state index is 0.0179. The summed E-state index contributed by atoms with van der Waals surface area (Å²) in [5, 5.41) is 4.60. The van der Waals surface area contributed by atoms with Crippen LogP contribution in [0.3, 0.4) is 0 Å². The molecule has 0 fully saturated rings. The lowest BCUT2D eigenvalue weighted by Gasteiger charge is -2.33. The molecule has 1 aromatic carbocycles. The van der Waals surface area contributed by atoms with E-state index in [-0.39, 0.29) is 24.9 Å². The first-order valence-electron chi connectivity index (χ1n) is 7.64. The maximum absolute atomic E-state index is 12.3. The molecule has 1 N–H and O–H groups in total. The van der Waals surface area contributed by atoms with Gasteiger partial charge in [0, 0.05) is 41.0 Å². The third-order valence-electron chi connectivity index (χ3n) is 4.44. The van der Waals surface area contributed by atoms with Gasteiger partial charge in [-0.15, -0.1) is 0 Å². The third-order valence-corrected chi connectivity index (χ3v) is 4.44. The number of benzene rings is 1. The second-order valence-electron chi connectivity index (χ2n) is 5.65. The first-order valence-corrected chi connectivity index (χ1v) is 7.64. The van der Waals surface area contributed by atoms with E-state index in [1.54, 1.807) is 7.11 Å². The molecule has 0 radical (unpaired) electrons. The summed E-state index contributed by atoms with van der Waals surface area (Å²) < 4.78 is 5.31. The minimum Gasteiger partial charge on any atom is -0.497 e. The number of H-pyrrole nitrogens is 1. The molecule has 1 amide bonds. The van der Waals surface area contributed by atoms with Gasteiger partial charge in [-0.25, -0.2) is 0 Å². The van der Waals surface area contributed by atoms with Crippen LogP contribution >= 0.6 is 0 Å². The number of aromatic amines is 1. The molecule has 3 rings (SSSR count). The van der Waals surface area contributed by atoms with E-state index >= 15 is 0 Å². The van der Waals surface area contributed by atoms with Crippen LogP contribution < -0.4 is 4.74 Å². The van der Waals surface area contributed by atoms with Crippen LogP contribution in [0.1, 0.15) is 30.6 Å². The number of ether oxygens (including phenoxy) is 1. The molecule has 7 nitrogen and oxygen atoms in total. The Labute approximate surface area is 133 Å². The van der Waals surface area contributed by atoms with Gasteiger partial charge in [0.15, 0.2) is 0 Å². The number of hydrogen-bond donors (Lipinski definition) is 1. The zero-order valence-electron chi connectivity index (χ0n) is 13.2. The van der Waals surface area contributed by atoms with E-state index < -0.39 is 0 Å². The van der Waals surface area contributed by atoms with Crippen molar-refractivity contribution in [2.24, 2.45) is 5.11 Å². The smallest absolute Gasteiger partial charge is 0.223 e. The number of carbonyl (C=O) groups excluding carboxylic acids is 1. The van der Waals surface area contributed by atoms with Crippen molar-refractivity contribution in [3.63, 3.8) is 0 Å². The summed E-state index contributed by atoms with van der Waals surface area (Å²) in [7, 11) is 1.66. The fourth-order valence-corrected chi connectivity index (χ4v) is 3.26. The maximum Gasteiger partial charge on any atom is 0.223 e. The molecule has 120 valence electrons. The van der Waals surface area contributed by atoms with Crippen molar-refractivity contribution in [1.82, 2.24) is 9.88 Å². The van der Waals surface area contributed by atoms with Crippen molar-refractivity contribution < 1.29 is 9.53 Å². The number of hydrogen-bond acceptors (Lipinski definition) is 3. The van der Waals surface area contributed by atoms with Gasteiger partial charge in [-0.2, -0.15) is 0 Å². The van der Waals surface area contributed by atoms with Crippen molar-refractivity contribution in [3.05, 3.63) is 39.9 Å². The monoisotopic (exact) mass is 313 g/mol. The molecule has 1 aliphatic rings. The molecule has 1 atom stereocenters. The molecule has 2 heterocycles. The summed E-state index contributed by atoms with van der Waals surface area (Å²) in [6.07, 6.45) is 1.05. The summed E-state index contributed by atoms with van der Waals surface area (Å²) in [6.45, 7) is 2.90. The van der Waals surface area contributed by atoms with Crippen LogP contribution in [0, 0.1) is 0 Å². The van der Waals surface area contributed by atoms with Gasteiger partial charge < -0.3 is 14.6 Å². The lowest BCUT2D eigenvalue weighted by Crippen LogP contribution is -2.39. The highest BCUT2D eigenvalue weighted by Gasteiger charge is 2.29. The summed E-state index contributed by atoms with van der Waals surface area (Å²) in [4.78, 5) is 20.3. The molecule has 23 heavy (non-hydrogen) atoms. The van der Waals surface area contributed by atoms with Gasteiger partial charge >= 0.3 is 0 Å². The third kappa shape index (κ3) is 2.71. The van der Waals surface area contributed by atoms with Crippen LogP contribution in [0.5, 0.6) is 5.75 Å².